The second-order valence-corrected chi connectivity index (χ2v) is 6.91. The van der Waals surface area contributed by atoms with Gasteiger partial charge >= 0.3 is 0 Å². The molecule has 5 nitrogen and oxygen atoms in total. The second kappa shape index (κ2) is 4.83. The van der Waals surface area contributed by atoms with Gasteiger partial charge in [0.25, 0.3) is 0 Å². The van der Waals surface area contributed by atoms with Crippen molar-refractivity contribution in [2.24, 2.45) is 5.41 Å². The molecule has 3 rings (SSSR count). The van der Waals surface area contributed by atoms with Crippen LogP contribution in [0.2, 0.25) is 0 Å². The van der Waals surface area contributed by atoms with Gasteiger partial charge in [-0.3, -0.25) is 4.79 Å². The zero-order valence-electron chi connectivity index (χ0n) is 13.1. The summed E-state index contributed by atoms with van der Waals surface area (Å²) in [6, 6.07) is 0. The number of carbonyl (C=O) groups excluding carboxylic acids is 1. The van der Waals surface area contributed by atoms with Gasteiger partial charge < -0.3 is 14.5 Å². The van der Waals surface area contributed by atoms with E-state index in [4.69, 9.17) is 4.52 Å². The number of rotatable bonds is 2. The van der Waals surface area contributed by atoms with Crippen LogP contribution in [-0.2, 0) is 11.2 Å². The van der Waals surface area contributed by atoms with Gasteiger partial charge in [-0.15, -0.1) is 0 Å². The van der Waals surface area contributed by atoms with Gasteiger partial charge in [0, 0.05) is 24.1 Å². The van der Waals surface area contributed by atoms with Gasteiger partial charge in [-0.1, -0.05) is 5.16 Å². The number of piperidine rings is 1. The molecular weight excluding hydrogens is 268 g/mol. The monoisotopic (exact) mass is 292 g/mol. The second-order valence-electron chi connectivity index (χ2n) is 6.91. The first kappa shape index (κ1) is 14.6. The Morgan fingerprint density at radius 3 is 2.38 bits per heavy atom. The van der Waals surface area contributed by atoms with Crippen molar-refractivity contribution in [3.05, 3.63) is 17.0 Å². The Hall–Kier alpha value is -1.36. The molecule has 2 aliphatic rings. The summed E-state index contributed by atoms with van der Waals surface area (Å²) in [7, 11) is 0. The largest absolute Gasteiger partial charge is 0.390 e. The van der Waals surface area contributed by atoms with Crippen LogP contribution in [0.25, 0.3) is 0 Å². The van der Waals surface area contributed by atoms with Crippen molar-refractivity contribution in [2.45, 2.75) is 58.5 Å². The maximum atomic E-state index is 12.4. The SMILES string of the molecule is Cc1noc(C)c1CC(=O)N1CCC2(CC1)CC[C@]2(C)O. The van der Waals surface area contributed by atoms with E-state index in [2.05, 4.69) is 5.16 Å². The minimum absolute atomic E-state index is 0.0484. The quantitative estimate of drug-likeness (QED) is 0.905. The first-order valence-corrected chi connectivity index (χ1v) is 7.77. The molecule has 1 saturated carbocycles. The molecule has 1 saturated heterocycles. The summed E-state index contributed by atoms with van der Waals surface area (Å²) in [5.74, 6) is 0.870. The summed E-state index contributed by atoms with van der Waals surface area (Å²) < 4.78 is 5.12. The van der Waals surface area contributed by atoms with E-state index in [1.165, 1.54) is 0 Å². The number of hydrogen-bond donors (Lipinski definition) is 1. The third-order valence-corrected chi connectivity index (χ3v) is 5.82. The van der Waals surface area contributed by atoms with Gasteiger partial charge in [-0.25, -0.2) is 0 Å². The Morgan fingerprint density at radius 1 is 1.29 bits per heavy atom. The molecule has 1 aromatic heterocycles. The fourth-order valence-electron chi connectivity index (χ4n) is 3.83. The summed E-state index contributed by atoms with van der Waals surface area (Å²) in [5.41, 5.74) is 1.23. The van der Waals surface area contributed by atoms with Gasteiger partial charge in [-0.05, 0) is 46.5 Å². The highest BCUT2D eigenvalue weighted by atomic mass is 16.5. The van der Waals surface area contributed by atoms with Crippen LogP contribution in [0.1, 0.15) is 49.6 Å². The topological polar surface area (TPSA) is 66.6 Å². The Kier molecular flexibility index (Phi) is 3.35. The van der Waals surface area contributed by atoms with Crippen LogP contribution in [0.3, 0.4) is 0 Å². The van der Waals surface area contributed by atoms with Crippen LogP contribution in [0.5, 0.6) is 0 Å². The number of aliphatic hydroxyl groups is 1. The number of amides is 1. The Morgan fingerprint density at radius 2 is 1.95 bits per heavy atom. The number of nitrogens with zero attached hydrogens (tertiary/aromatic N) is 2. The number of carbonyl (C=O) groups is 1. The van der Waals surface area contributed by atoms with E-state index in [9.17, 15) is 9.90 Å². The molecule has 2 heterocycles. The van der Waals surface area contributed by atoms with Crippen LogP contribution in [0.4, 0.5) is 0 Å². The van der Waals surface area contributed by atoms with E-state index in [1.807, 2.05) is 25.7 Å². The average molecular weight is 292 g/mol. The summed E-state index contributed by atoms with van der Waals surface area (Å²) in [4.78, 5) is 14.4. The fraction of sp³-hybridized carbons (Fsp3) is 0.750. The Balaban J connectivity index is 1.61. The average Bonchev–Trinajstić information content (AvgIpc) is 2.78. The van der Waals surface area contributed by atoms with Crippen LogP contribution in [-0.4, -0.2) is 39.8 Å². The molecule has 116 valence electrons. The van der Waals surface area contributed by atoms with Gasteiger partial charge in [0.05, 0.1) is 17.7 Å². The van der Waals surface area contributed by atoms with Gasteiger partial charge in [0.1, 0.15) is 5.76 Å². The number of aromatic nitrogens is 1. The van der Waals surface area contributed by atoms with Crippen LogP contribution in [0, 0.1) is 19.3 Å². The van der Waals surface area contributed by atoms with Crippen molar-refractivity contribution >= 4 is 5.91 Å². The van der Waals surface area contributed by atoms with Crippen LogP contribution < -0.4 is 0 Å². The lowest BCUT2D eigenvalue weighted by Crippen LogP contribution is -2.60. The summed E-state index contributed by atoms with van der Waals surface area (Å²) in [6.07, 6.45) is 4.16. The molecule has 1 atom stereocenters. The predicted octanol–water partition coefficient (Wildman–Crippen LogP) is 1.99. The molecular formula is C16H24N2O3. The molecule has 0 aromatic carbocycles. The summed E-state index contributed by atoms with van der Waals surface area (Å²) in [6.45, 7) is 7.16. The third kappa shape index (κ3) is 2.27. The van der Waals surface area contributed by atoms with E-state index in [-0.39, 0.29) is 11.3 Å². The van der Waals surface area contributed by atoms with E-state index < -0.39 is 5.60 Å². The van der Waals surface area contributed by atoms with Crippen molar-refractivity contribution in [1.29, 1.82) is 0 Å². The van der Waals surface area contributed by atoms with Gasteiger partial charge in [0.2, 0.25) is 5.91 Å². The zero-order valence-corrected chi connectivity index (χ0v) is 13.1. The lowest BCUT2D eigenvalue weighted by Gasteiger charge is -2.58. The van der Waals surface area contributed by atoms with Gasteiger partial charge in [-0.2, -0.15) is 0 Å². The van der Waals surface area contributed by atoms with E-state index in [0.29, 0.717) is 6.42 Å². The molecule has 5 heteroatoms. The highest BCUT2D eigenvalue weighted by Gasteiger charge is 2.55. The predicted molar refractivity (Wildman–Crippen MR) is 77.8 cm³/mol. The highest BCUT2D eigenvalue weighted by Crippen LogP contribution is 2.56. The summed E-state index contributed by atoms with van der Waals surface area (Å²) in [5, 5.41) is 14.3. The number of aryl methyl sites for hydroxylation is 2. The Labute approximate surface area is 125 Å². The normalized spacial score (nSPS) is 27.7. The molecule has 2 fully saturated rings. The molecule has 0 radical (unpaired) electrons. The Bertz CT molecular complexity index is 534. The first-order valence-electron chi connectivity index (χ1n) is 7.77. The lowest BCUT2D eigenvalue weighted by molar-refractivity contribution is -0.180. The molecule has 1 aliphatic heterocycles. The fourth-order valence-corrected chi connectivity index (χ4v) is 3.83. The standard InChI is InChI=1S/C16H24N2O3/c1-11-13(12(2)21-17-11)10-14(19)18-8-6-16(7-9-18)5-4-15(16,3)20/h20H,4-10H2,1-3H3/t15-/m0/s1. The maximum Gasteiger partial charge on any atom is 0.227 e. The van der Waals surface area contributed by atoms with E-state index in [0.717, 1.165) is 55.8 Å². The molecule has 1 aliphatic carbocycles. The van der Waals surface area contributed by atoms with Crippen molar-refractivity contribution in [1.82, 2.24) is 10.1 Å². The molecule has 0 bridgehead atoms. The molecule has 1 N–H and O–H groups in total. The van der Waals surface area contributed by atoms with Crippen LogP contribution in [0.15, 0.2) is 4.52 Å². The summed E-state index contributed by atoms with van der Waals surface area (Å²) >= 11 is 0. The van der Waals surface area contributed by atoms with Crippen LogP contribution >= 0.6 is 0 Å². The zero-order chi connectivity index (χ0) is 15.3. The van der Waals surface area contributed by atoms with Crippen molar-refractivity contribution in [3.8, 4) is 0 Å². The highest BCUT2D eigenvalue weighted by molar-refractivity contribution is 5.79. The minimum Gasteiger partial charge on any atom is -0.390 e. The van der Waals surface area contributed by atoms with E-state index in [1.54, 1.807) is 0 Å². The lowest BCUT2D eigenvalue weighted by atomic mass is 9.53. The third-order valence-electron chi connectivity index (χ3n) is 5.82. The van der Waals surface area contributed by atoms with Gasteiger partial charge in [0.15, 0.2) is 0 Å². The molecule has 1 aromatic rings. The number of hydrogen-bond acceptors (Lipinski definition) is 4. The molecule has 1 spiro atoms. The molecule has 21 heavy (non-hydrogen) atoms. The number of likely N-dealkylation sites (tertiary alicyclic amines) is 1. The van der Waals surface area contributed by atoms with Crippen molar-refractivity contribution in [2.75, 3.05) is 13.1 Å². The molecule has 1 amide bonds. The van der Waals surface area contributed by atoms with Crippen molar-refractivity contribution < 1.29 is 14.4 Å². The first-order chi connectivity index (χ1) is 9.85. The minimum atomic E-state index is -0.538. The van der Waals surface area contributed by atoms with E-state index >= 15 is 0 Å². The van der Waals surface area contributed by atoms with Crippen molar-refractivity contribution in [3.63, 3.8) is 0 Å². The smallest absolute Gasteiger partial charge is 0.227 e. The molecule has 0 unspecified atom stereocenters. The maximum absolute atomic E-state index is 12.4.